The van der Waals surface area contributed by atoms with Gasteiger partial charge in [0.2, 0.25) is 0 Å². The molecule has 1 aliphatic heterocycles. The molecule has 1 saturated carbocycles. The maximum Gasteiger partial charge on any atom is 0.414 e. The van der Waals surface area contributed by atoms with Crippen LogP contribution in [-0.2, 0) is 16.1 Å². The summed E-state index contributed by atoms with van der Waals surface area (Å²) >= 11 is 3.57. The van der Waals surface area contributed by atoms with E-state index in [0.29, 0.717) is 0 Å². The predicted octanol–water partition coefficient (Wildman–Crippen LogP) is 3.45. The molecule has 2 fully saturated rings. The Morgan fingerprint density at radius 3 is 2.07 bits per heavy atom. The van der Waals surface area contributed by atoms with Crippen LogP contribution < -0.4 is 0 Å². The fourth-order valence-electron chi connectivity index (χ4n) is 3.80. The Morgan fingerprint density at radius 2 is 1.56 bits per heavy atom. The number of hydrogen-bond acceptors (Lipinski definition) is 4. The minimum Gasteiger partial charge on any atom is -0.473 e. The van der Waals surface area contributed by atoms with Crippen LogP contribution in [0, 0.1) is 0 Å². The monoisotopic (exact) mass is 440 g/mol. The number of carbonyl (C=O) groups is 2. The molecule has 27 heavy (non-hydrogen) atoms. The maximum atomic E-state index is 9.10. The van der Waals surface area contributed by atoms with Crippen LogP contribution in [0.2, 0.25) is 0 Å². The minimum absolute atomic E-state index is 0.875. The minimum atomic E-state index is -1.82. The van der Waals surface area contributed by atoms with E-state index in [2.05, 4.69) is 50.0 Å². The molecule has 0 spiro atoms. The second kappa shape index (κ2) is 11.4. The lowest BCUT2D eigenvalue weighted by atomic mass is 10.1. The molecule has 3 rings (SSSR count). The highest BCUT2D eigenvalue weighted by Gasteiger charge is 2.24. The van der Waals surface area contributed by atoms with E-state index in [4.69, 9.17) is 19.8 Å². The van der Waals surface area contributed by atoms with Crippen molar-refractivity contribution in [2.24, 2.45) is 0 Å². The van der Waals surface area contributed by atoms with E-state index < -0.39 is 11.9 Å². The highest BCUT2D eigenvalue weighted by molar-refractivity contribution is 9.10. The van der Waals surface area contributed by atoms with Crippen molar-refractivity contribution in [2.75, 3.05) is 26.2 Å². The van der Waals surface area contributed by atoms with Gasteiger partial charge in [-0.1, -0.05) is 53.7 Å². The second-order valence-corrected chi connectivity index (χ2v) is 8.11. The summed E-state index contributed by atoms with van der Waals surface area (Å²) in [5.41, 5.74) is 1.42. The normalized spacial score (nSPS) is 19.6. The number of piperazine rings is 1. The molecule has 1 aliphatic carbocycles. The Kier molecular flexibility index (Phi) is 9.24. The summed E-state index contributed by atoms with van der Waals surface area (Å²) in [6.07, 6.45) is 8.68. The van der Waals surface area contributed by atoms with Gasteiger partial charge in [-0.3, -0.25) is 9.80 Å². The summed E-state index contributed by atoms with van der Waals surface area (Å²) in [4.78, 5) is 23.6. The molecule has 1 saturated heterocycles. The van der Waals surface area contributed by atoms with Gasteiger partial charge < -0.3 is 10.2 Å². The van der Waals surface area contributed by atoms with Crippen molar-refractivity contribution >= 4 is 27.9 Å². The van der Waals surface area contributed by atoms with Gasteiger partial charge in [-0.05, 0) is 30.5 Å². The molecule has 0 aromatic heterocycles. The topological polar surface area (TPSA) is 81.1 Å². The Balaban J connectivity index is 0.000000380. The lowest BCUT2D eigenvalue weighted by molar-refractivity contribution is -0.159. The van der Waals surface area contributed by atoms with E-state index in [1.807, 2.05) is 0 Å². The van der Waals surface area contributed by atoms with Gasteiger partial charge in [-0.15, -0.1) is 0 Å². The summed E-state index contributed by atoms with van der Waals surface area (Å²) in [7, 11) is 0. The third-order valence-corrected chi connectivity index (χ3v) is 5.72. The van der Waals surface area contributed by atoms with E-state index in [9.17, 15) is 0 Å². The molecule has 0 unspecified atom stereocenters. The number of carboxylic acids is 2. The first-order chi connectivity index (χ1) is 13.0. The molecule has 0 atom stereocenters. The van der Waals surface area contributed by atoms with Crippen molar-refractivity contribution in [1.82, 2.24) is 9.80 Å². The van der Waals surface area contributed by atoms with Crippen molar-refractivity contribution < 1.29 is 19.8 Å². The van der Waals surface area contributed by atoms with Gasteiger partial charge >= 0.3 is 11.9 Å². The predicted molar refractivity (Wildman–Crippen MR) is 108 cm³/mol. The molecule has 7 heteroatoms. The van der Waals surface area contributed by atoms with Gasteiger partial charge in [-0.2, -0.15) is 0 Å². The van der Waals surface area contributed by atoms with Gasteiger partial charge in [0.25, 0.3) is 0 Å². The molecule has 1 aromatic rings. The van der Waals surface area contributed by atoms with Crippen molar-refractivity contribution in [3.8, 4) is 0 Å². The Morgan fingerprint density at radius 1 is 0.963 bits per heavy atom. The zero-order valence-electron chi connectivity index (χ0n) is 15.6. The Labute approximate surface area is 169 Å². The van der Waals surface area contributed by atoms with Crippen LogP contribution in [0.5, 0.6) is 0 Å². The smallest absolute Gasteiger partial charge is 0.414 e. The Hall–Kier alpha value is -1.44. The largest absolute Gasteiger partial charge is 0.473 e. The summed E-state index contributed by atoms with van der Waals surface area (Å²) in [5.74, 6) is -3.65. The van der Waals surface area contributed by atoms with E-state index in [-0.39, 0.29) is 0 Å². The molecule has 0 radical (unpaired) electrons. The summed E-state index contributed by atoms with van der Waals surface area (Å²) < 4.78 is 1.19. The standard InChI is InChI=1S/C18H27BrN2.C2H2O4/c19-17-7-5-6-16(14-17)15-20-10-12-21(13-11-20)18-8-3-1-2-4-9-18;3-1(4)2(5)6/h5-7,14,18H,1-4,8-13,15H2;(H,3,4)(H,5,6). The molecule has 2 aliphatic rings. The molecule has 6 nitrogen and oxygen atoms in total. The Bertz CT molecular complexity index is 598. The maximum absolute atomic E-state index is 9.10. The van der Waals surface area contributed by atoms with Crippen LogP contribution in [0.3, 0.4) is 0 Å². The number of rotatable bonds is 3. The zero-order chi connectivity index (χ0) is 19.6. The third kappa shape index (κ3) is 7.99. The van der Waals surface area contributed by atoms with Crippen LogP contribution in [0.1, 0.15) is 44.1 Å². The molecule has 2 N–H and O–H groups in total. The average Bonchev–Trinajstić information content (AvgIpc) is 2.92. The molecule has 1 heterocycles. The van der Waals surface area contributed by atoms with Crippen molar-refractivity contribution in [3.05, 3.63) is 34.3 Å². The number of benzene rings is 1. The van der Waals surface area contributed by atoms with E-state index in [1.165, 1.54) is 74.7 Å². The van der Waals surface area contributed by atoms with Crippen LogP contribution in [-0.4, -0.2) is 64.2 Å². The average molecular weight is 441 g/mol. The van der Waals surface area contributed by atoms with Crippen molar-refractivity contribution in [3.63, 3.8) is 0 Å². The fourth-order valence-corrected chi connectivity index (χ4v) is 4.25. The third-order valence-electron chi connectivity index (χ3n) is 5.23. The first-order valence-corrected chi connectivity index (χ1v) is 10.4. The molecular weight excluding hydrogens is 412 g/mol. The zero-order valence-corrected chi connectivity index (χ0v) is 17.2. The van der Waals surface area contributed by atoms with E-state index in [0.717, 1.165) is 12.6 Å². The molecular formula is C20H29BrN2O4. The van der Waals surface area contributed by atoms with E-state index in [1.54, 1.807) is 0 Å². The molecule has 0 bridgehead atoms. The lowest BCUT2D eigenvalue weighted by Crippen LogP contribution is -2.49. The second-order valence-electron chi connectivity index (χ2n) is 7.20. The molecule has 0 amide bonds. The van der Waals surface area contributed by atoms with Crippen LogP contribution in [0.15, 0.2) is 28.7 Å². The number of nitrogens with zero attached hydrogens (tertiary/aromatic N) is 2. The first kappa shape index (κ1) is 21.9. The SMILES string of the molecule is Brc1cccc(CN2CCN(C3CCCCCC3)CC2)c1.O=C(O)C(=O)O. The van der Waals surface area contributed by atoms with Gasteiger partial charge in [-0.25, -0.2) is 9.59 Å². The van der Waals surface area contributed by atoms with Gasteiger partial charge in [0, 0.05) is 43.2 Å². The van der Waals surface area contributed by atoms with E-state index >= 15 is 0 Å². The summed E-state index contributed by atoms with van der Waals surface area (Å²) in [5, 5.41) is 14.8. The number of aliphatic carboxylic acids is 2. The number of hydrogen-bond donors (Lipinski definition) is 2. The lowest BCUT2D eigenvalue weighted by Gasteiger charge is -2.39. The first-order valence-electron chi connectivity index (χ1n) is 9.63. The summed E-state index contributed by atoms with van der Waals surface area (Å²) in [6, 6.07) is 9.61. The molecule has 150 valence electrons. The highest BCUT2D eigenvalue weighted by atomic mass is 79.9. The number of carboxylic acid groups (broad SMARTS) is 2. The van der Waals surface area contributed by atoms with Gasteiger partial charge in [0.05, 0.1) is 0 Å². The van der Waals surface area contributed by atoms with Crippen LogP contribution in [0.25, 0.3) is 0 Å². The molecule has 1 aromatic carbocycles. The van der Waals surface area contributed by atoms with Gasteiger partial charge in [0.1, 0.15) is 0 Å². The van der Waals surface area contributed by atoms with Crippen LogP contribution >= 0.6 is 15.9 Å². The highest BCUT2D eigenvalue weighted by Crippen LogP contribution is 2.23. The fraction of sp³-hybridized carbons (Fsp3) is 0.600. The number of halogens is 1. The summed E-state index contributed by atoms with van der Waals surface area (Å²) in [6.45, 7) is 6.07. The van der Waals surface area contributed by atoms with Gasteiger partial charge in [0.15, 0.2) is 0 Å². The van der Waals surface area contributed by atoms with Crippen LogP contribution in [0.4, 0.5) is 0 Å². The van der Waals surface area contributed by atoms with Crippen molar-refractivity contribution in [2.45, 2.75) is 51.1 Å². The van der Waals surface area contributed by atoms with Crippen molar-refractivity contribution in [1.29, 1.82) is 0 Å². The quantitative estimate of drug-likeness (QED) is 0.553.